The van der Waals surface area contributed by atoms with E-state index in [4.69, 9.17) is 18.6 Å². The molecule has 0 radical (unpaired) electrons. The Morgan fingerprint density at radius 2 is 1.43 bits per heavy atom. The van der Waals surface area contributed by atoms with Crippen LogP contribution in [-0.4, -0.2) is 17.9 Å². The summed E-state index contributed by atoms with van der Waals surface area (Å²) in [6.45, 7) is 3.38. The molecule has 0 N–H and O–H groups in total. The minimum absolute atomic E-state index is 0.111. The molecule has 0 aliphatic heterocycles. The number of hydrogen-bond donors (Lipinski definition) is 0. The smallest absolute Gasteiger partial charge is 0.336 e. The minimum atomic E-state index is -0.746. The quantitative estimate of drug-likeness (QED) is 0.476. The molecule has 23 heavy (non-hydrogen) atoms. The Labute approximate surface area is 129 Å². The molecule has 0 aliphatic rings. The Balaban J connectivity index is 2.84. The summed E-state index contributed by atoms with van der Waals surface area (Å²) in [6.07, 6.45) is 0. The molecule has 8 heteroatoms. The van der Waals surface area contributed by atoms with Crippen LogP contribution >= 0.6 is 0 Å². The number of benzene rings is 1. The van der Waals surface area contributed by atoms with Crippen LogP contribution < -0.4 is 19.8 Å². The second-order valence-electron chi connectivity index (χ2n) is 4.49. The second kappa shape index (κ2) is 6.30. The Bertz CT molecular complexity index is 862. The lowest BCUT2D eigenvalue weighted by atomic mass is 10.2. The van der Waals surface area contributed by atoms with Crippen molar-refractivity contribution in [2.75, 3.05) is 0 Å². The zero-order valence-corrected chi connectivity index (χ0v) is 12.5. The molecule has 0 atom stereocenters. The molecule has 0 unspecified atom stereocenters. The number of fused-ring (bicyclic) bond motifs is 1. The average molecular weight is 320 g/mol. The van der Waals surface area contributed by atoms with E-state index in [2.05, 4.69) is 0 Å². The van der Waals surface area contributed by atoms with Crippen molar-refractivity contribution in [3.63, 3.8) is 0 Å². The Morgan fingerprint density at radius 3 is 2.00 bits per heavy atom. The number of carbonyl (C=O) groups is 3. The summed E-state index contributed by atoms with van der Waals surface area (Å²) in [5.41, 5.74) is -0.806. The van der Waals surface area contributed by atoms with E-state index in [-0.39, 0.29) is 22.8 Å². The summed E-state index contributed by atoms with van der Waals surface area (Å²) in [5.74, 6) is -2.96. The number of rotatable bonds is 3. The van der Waals surface area contributed by atoms with Crippen LogP contribution in [0.25, 0.3) is 11.0 Å². The van der Waals surface area contributed by atoms with Crippen molar-refractivity contribution < 1.29 is 33.0 Å². The van der Waals surface area contributed by atoms with E-state index in [0.717, 1.165) is 26.8 Å². The predicted molar refractivity (Wildman–Crippen MR) is 76.4 cm³/mol. The maximum atomic E-state index is 11.4. The van der Waals surface area contributed by atoms with Crippen LogP contribution in [0.4, 0.5) is 0 Å². The van der Waals surface area contributed by atoms with Gasteiger partial charge in [-0.25, -0.2) is 4.79 Å². The first kappa shape index (κ1) is 16.2. The minimum Gasteiger partial charge on any atom is -0.423 e. The van der Waals surface area contributed by atoms with Gasteiger partial charge in [0.2, 0.25) is 11.5 Å². The normalized spacial score (nSPS) is 10.2. The standard InChI is InChI=1S/C15H12O8/c1-7(16)20-11-6-10-4-5-12(19)23-13(10)15(22-9(3)18)14(11)21-8(2)17/h4-6H,1-3H3. The van der Waals surface area contributed by atoms with E-state index >= 15 is 0 Å². The van der Waals surface area contributed by atoms with Gasteiger partial charge in [0.15, 0.2) is 11.3 Å². The maximum Gasteiger partial charge on any atom is 0.336 e. The summed E-state index contributed by atoms with van der Waals surface area (Å²) in [4.78, 5) is 45.3. The zero-order valence-electron chi connectivity index (χ0n) is 12.5. The molecule has 0 bridgehead atoms. The van der Waals surface area contributed by atoms with Crippen molar-refractivity contribution in [2.24, 2.45) is 0 Å². The number of esters is 3. The molecule has 8 nitrogen and oxygen atoms in total. The van der Waals surface area contributed by atoms with Gasteiger partial charge in [-0.15, -0.1) is 0 Å². The fraction of sp³-hybridized carbons (Fsp3) is 0.200. The lowest BCUT2D eigenvalue weighted by Crippen LogP contribution is -2.11. The average Bonchev–Trinajstić information content (AvgIpc) is 2.41. The monoisotopic (exact) mass is 320 g/mol. The van der Waals surface area contributed by atoms with Crippen LogP contribution in [-0.2, 0) is 14.4 Å². The van der Waals surface area contributed by atoms with Crippen LogP contribution in [0, 0.1) is 0 Å². The van der Waals surface area contributed by atoms with Gasteiger partial charge in [-0.05, 0) is 12.1 Å². The summed E-state index contributed by atoms with van der Waals surface area (Å²) in [7, 11) is 0. The van der Waals surface area contributed by atoms with Gasteiger partial charge >= 0.3 is 23.5 Å². The Hall–Kier alpha value is -3.16. The Morgan fingerprint density at radius 1 is 0.870 bits per heavy atom. The van der Waals surface area contributed by atoms with E-state index in [1.54, 1.807) is 0 Å². The van der Waals surface area contributed by atoms with E-state index in [1.165, 1.54) is 12.1 Å². The second-order valence-corrected chi connectivity index (χ2v) is 4.49. The third kappa shape index (κ3) is 3.73. The number of ether oxygens (including phenoxy) is 3. The number of carbonyl (C=O) groups excluding carboxylic acids is 3. The fourth-order valence-electron chi connectivity index (χ4n) is 1.85. The van der Waals surface area contributed by atoms with Crippen molar-refractivity contribution in [3.05, 3.63) is 28.6 Å². The van der Waals surface area contributed by atoms with E-state index in [9.17, 15) is 19.2 Å². The maximum absolute atomic E-state index is 11.4. The first-order chi connectivity index (χ1) is 10.8. The predicted octanol–water partition coefficient (Wildman–Crippen LogP) is 1.57. The fourth-order valence-corrected chi connectivity index (χ4v) is 1.85. The molecule has 0 amide bonds. The molecule has 0 saturated heterocycles. The molecule has 1 aromatic heterocycles. The highest BCUT2D eigenvalue weighted by molar-refractivity contribution is 5.92. The van der Waals surface area contributed by atoms with Gasteiger partial charge in [0, 0.05) is 32.2 Å². The van der Waals surface area contributed by atoms with E-state index in [1.807, 2.05) is 0 Å². The summed E-state index contributed by atoms with van der Waals surface area (Å²) in [6, 6.07) is 3.85. The lowest BCUT2D eigenvalue weighted by molar-refractivity contribution is -0.135. The molecule has 0 aliphatic carbocycles. The van der Waals surface area contributed by atoms with Gasteiger partial charge in [-0.1, -0.05) is 0 Å². The third-order valence-electron chi connectivity index (χ3n) is 2.53. The van der Waals surface area contributed by atoms with Crippen LogP contribution in [0.3, 0.4) is 0 Å². The van der Waals surface area contributed by atoms with E-state index in [0.29, 0.717) is 5.39 Å². The molecule has 120 valence electrons. The lowest BCUT2D eigenvalue weighted by Gasteiger charge is -2.14. The van der Waals surface area contributed by atoms with Crippen LogP contribution in [0.15, 0.2) is 27.4 Å². The molecule has 2 aromatic rings. The van der Waals surface area contributed by atoms with Crippen molar-refractivity contribution in [3.8, 4) is 17.2 Å². The van der Waals surface area contributed by atoms with Crippen LogP contribution in [0.2, 0.25) is 0 Å². The number of hydrogen-bond acceptors (Lipinski definition) is 8. The first-order valence-corrected chi connectivity index (χ1v) is 6.44. The molecule has 0 fully saturated rings. The van der Waals surface area contributed by atoms with Crippen LogP contribution in [0.5, 0.6) is 17.2 Å². The van der Waals surface area contributed by atoms with Crippen molar-refractivity contribution >= 4 is 28.9 Å². The topological polar surface area (TPSA) is 109 Å². The highest BCUT2D eigenvalue weighted by Gasteiger charge is 2.23. The highest BCUT2D eigenvalue weighted by atomic mass is 16.6. The molecule has 1 aromatic carbocycles. The summed E-state index contributed by atoms with van der Waals surface area (Å²) < 4.78 is 20.0. The van der Waals surface area contributed by atoms with Gasteiger partial charge < -0.3 is 18.6 Å². The molecular weight excluding hydrogens is 308 g/mol. The van der Waals surface area contributed by atoms with Crippen molar-refractivity contribution in [2.45, 2.75) is 20.8 Å². The molecule has 1 heterocycles. The van der Waals surface area contributed by atoms with E-state index < -0.39 is 23.5 Å². The highest BCUT2D eigenvalue weighted by Crippen LogP contribution is 2.43. The summed E-state index contributed by atoms with van der Waals surface area (Å²) >= 11 is 0. The van der Waals surface area contributed by atoms with Crippen molar-refractivity contribution in [1.82, 2.24) is 0 Å². The molecule has 0 spiro atoms. The SMILES string of the molecule is CC(=O)Oc1cc2ccc(=O)oc2c(OC(C)=O)c1OC(C)=O. The van der Waals surface area contributed by atoms with Gasteiger partial charge in [-0.3, -0.25) is 14.4 Å². The van der Waals surface area contributed by atoms with Gasteiger partial charge in [0.25, 0.3) is 0 Å². The first-order valence-electron chi connectivity index (χ1n) is 6.44. The largest absolute Gasteiger partial charge is 0.423 e. The Kier molecular flexibility index (Phi) is 4.44. The van der Waals surface area contributed by atoms with Crippen LogP contribution in [0.1, 0.15) is 20.8 Å². The third-order valence-corrected chi connectivity index (χ3v) is 2.53. The van der Waals surface area contributed by atoms with Gasteiger partial charge in [-0.2, -0.15) is 0 Å². The molecular formula is C15H12O8. The van der Waals surface area contributed by atoms with Gasteiger partial charge in [0.05, 0.1) is 0 Å². The molecule has 2 rings (SSSR count). The zero-order chi connectivity index (χ0) is 17.1. The summed E-state index contributed by atoms with van der Waals surface area (Å²) in [5, 5.41) is 0.313. The molecule has 0 saturated carbocycles. The van der Waals surface area contributed by atoms with Crippen molar-refractivity contribution in [1.29, 1.82) is 0 Å². The van der Waals surface area contributed by atoms with Gasteiger partial charge in [0.1, 0.15) is 0 Å².